The number of aryl methyl sites for hydroxylation is 1. The lowest BCUT2D eigenvalue weighted by Gasteiger charge is -2.39. The Morgan fingerprint density at radius 1 is 1.00 bits per heavy atom. The van der Waals surface area contributed by atoms with Crippen molar-refractivity contribution in [1.82, 2.24) is 4.90 Å². The number of amides is 1. The fraction of sp³-hybridized carbons (Fsp3) is 0.333. The van der Waals surface area contributed by atoms with Crippen molar-refractivity contribution in [2.24, 2.45) is 0 Å². The summed E-state index contributed by atoms with van der Waals surface area (Å²) in [5, 5.41) is 9.80. The average Bonchev–Trinajstić information content (AvgIpc) is 2.69. The molecule has 0 radical (unpaired) electrons. The molecule has 1 aliphatic rings. The maximum Gasteiger partial charge on any atom is 0.314 e. The highest BCUT2D eigenvalue weighted by atomic mass is 19.2. The summed E-state index contributed by atoms with van der Waals surface area (Å²) in [4.78, 5) is 26.1. The number of piperidine rings is 1. The Morgan fingerprint density at radius 2 is 1.67 bits per heavy atom. The first-order valence-corrected chi connectivity index (χ1v) is 8.93. The fourth-order valence-corrected chi connectivity index (χ4v) is 3.63. The van der Waals surface area contributed by atoms with Crippen LogP contribution in [-0.4, -0.2) is 35.0 Å². The summed E-state index contributed by atoms with van der Waals surface area (Å²) in [5.41, 5.74) is 0.341. The summed E-state index contributed by atoms with van der Waals surface area (Å²) in [6.45, 7) is 0.718. The molecule has 6 heteroatoms. The van der Waals surface area contributed by atoms with Gasteiger partial charge in [0.2, 0.25) is 5.91 Å². The number of hydrogen-bond donors (Lipinski definition) is 1. The highest BCUT2D eigenvalue weighted by Gasteiger charge is 2.43. The van der Waals surface area contributed by atoms with E-state index in [9.17, 15) is 23.5 Å². The first-order valence-electron chi connectivity index (χ1n) is 8.93. The van der Waals surface area contributed by atoms with Gasteiger partial charge in [-0.15, -0.1) is 0 Å². The van der Waals surface area contributed by atoms with E-state index in [2.05, 4.69) is 0 Å². The van der Waals surface area contributed by atoms with E-state index < -0.39 is 23.0 Å². The summed E-state index contributed by atoms with van der Waals surface area (Å²) < 4.78 is 26.2. The summed E-state index contributed by atoms with van der Waals surface area (Å²) >= 11 is 0. The van der Waals surface area contributed by atoms with Crippen molar-refractivity contribution in [3.63, 3.8) is 0 Å². The Bertz CT molecular complexity index is 831. The first kappa shape index (κ1) is 19.0. The molecule has 27 heavy (non-hydrogen) atoms. The molecule has 0 bridgehead atoms. The lowest BCUT2D eigenvalue weighted by atomic mass is 9.73. The minimum atomic E-state index is -0.974. The van der Waals surface area contributed by atoms with Crippen molar-refractivity contribution in [3.8, 4) is 0 Å². The zero-order chi connectivity index (χ0) is 19.4. The molecule has 0 atom stereocenters. The van der Waals surface area contributed by atoms with E-state index in [1.165, 1.54) is 6.07 Å². The van der Waals surface area contributed by atoms with E-state index >= 15 is 0 Å². The van der Waals surface area contributed by atoms with Gasteiger partial charge in [-0.1, -0.05) is 36.4 Å². The van der Waals surface area contributed by atoms with Crippen molar-refractivity contribution in [1.29, 1.82) is 0 Å². The monoisotopic (exact) mass is 373 g/mol. The molecule has 1 amide bonds. The third kappa shape index (κ3) is 3.99. The number of aliphatic carboxylic acids is 1. The zero-order valence-electron chi connectivity index (χ0n) is 14.8. The second-order valence-corrected chi connectivity index (χ2v) is 6.88. The Morgan fingerprint density at radius 3 is 2.26 bits per heavy atom. The van der Waals surface area contributed by atoms with E-state index in [-0.39, 0.29) is 12.3 Å². The van der Waals surface area contributed by atoms with Crippen LogP contribution in [0.1, 0.15) is 30.4 Å². The molecule has 4 nitrogen and oxygen atoms in total. The van der Waals surface area contributed by atoms with Crippen LogP contribution < -0.4 is 0 Å². The van der Waals surface area contributed by atoms with Gasteiger partial charge in [0.05, 0.1) is 5.41 Å². The number of benzene rings is 2. The Kier molecular flexibility index (Phi) is 5.54. The predicted octanol–water partition coefficient (Wildman–Crippen LogP) is 3.54. The molecule has 0 aliphatic carbocycles. The topological polar surface area (TPSA) is 57.6 Å². The number of carboxylic acid groups (broad SMARTS) is 1. The van der Waals surface area contributed by atoms with Crippen LogP contribution in [0.25, 0.3) is 0 Å². The van der Waals surface area contributed by atoms with E-state index in [0.29, 0.717) is 37.9 Å². The van der Waals surface area contributed by atoms with E-state index in [4.69, 9.17) is 0 Å². The maximum atomic E-state index is 13.3. The Labute approximate surface area is 156 Å². The molecule has 1 N–H and O–H groups in total. The van der Waals surface area contributed by atoms with Crippen LogP contribution in [0.15, 0.2) is 48.5 Å². The molecule has 1 aliphatic heterocycles. The number of carbonyl (C=O) groups is 2. The first-order chi connectivity index (χ1) is 12.9. The number of carboxylic acids is 1. The lowest BCUT2D eigenvalue weighted by Crippen LogP contribution is -2.49. The van der Waals surface area contributed by atoms with Crippen LogP contribution in [-0.2, 0) is 21.4 Å². The van der Waals surface area contributed by atoms with Crippen LogP contribution in [0.2, 0.25) is 0 Å². The van der Waals surface area contributed by atoms with Crippen molar-refractivity contribution in [2.45, 2.75) is 31.1 Å². The highest BCUT2D eigenvalue weighted by Crippen LogP contribution is 2.36. The minimum absolute atomic E-state index is 0.105. The van der Waals surface area contributed by atoms with Gasteiger partial charge in [-0.25, -0.2) is 8.78 Å². The summed E-state index contributed by atoms with van der Waals surface area (Å²) in [7, 11) is 0. The summed E-state index contributed by atoms with van der Waals surface area (Å²) in [6, 6.07) is 12.7. The second kappa shape index (κ2) is 7.86. The van der Waals surface area contributed by atoms with Gasteiger partial charge in [-0.2, -0.15) is 0 Å². The van der Waals surface area contributed by atoms with Gasteiger partial charge in [0.1, 0.15) is 0 Å². The predicted molar refractivity (Wildman–Crippen MR) is 96.2 cm³/mol. The zero-order valence-corrected chi connectivity index (χ0v) is 14.8. The number of rotatable bonds is 5. The standard InChI is InChI=1S/C21H21F2NO3/c22-17-8-6-15(14-18(17)23)7-9-19(25)24-12-10-21(11-13-24,20(26)27)16-4-2-1-3-5-16/h1-6,8,14H,7,9-13H2,(H,26,27). The molecule has 1 fully saturated rings. The van der Waals surface area contributed by atoms with Crippen LogP contribution in [0.5, 0.6) is 0 Å². The van der Waals surface area contributed by atoms with E-state index in [0.717, 1.165) is 17.7 Å². The van der Waals surface area contributed by atoms with Crippen molar-refractivity contribution < 1.29 is 23.5 Å². The van der Waals surface area contributed by atoms with Gasteiger partial charge < -0.3 is 10.0 Å². The van der Waals surface area contributed by atoms with Crippen LogP contribution in [0, 0.1) is 11.6 Å². The van der Waals surface area contributed by atoms with Gasteiger partial charge in [0.25, 0.3) is 0 Å². The lowest BCUT2D eigenvalue weighted by molar-refractivity contribution is -0.148. The molecule has 142 valence electrons. The van der Waals surface area contributed by atoms with Crippen LogP contribution >= 0.6 is 0 Å². The molecule has 0 aromatic heterocycles. The van der Waals surface area contributed by atoms with E-state index in [1.54, 1.807) is 4.90 Å². The Balaban J connectivity index is 1.61. The van der Waals surface area contributed by atoms with E-state index in [1.807, 2.05) is 30.3 Å². The van der Waals surface area contributed by atoms with Crippen molar-refractivity contribution >= 4 is 11.9 Å². The molecule has 2 aromatic rings. The van der Waals surface area contributed by atoms with Crippen LogP contribution in [0.3, 0.4) is 0 Å². The van der Waals surface area contributed by atoms with Crippen molar-refractivity contribution in [3.05, 3.63) is 71.3 Å². The number of nitrogens with zero attached hydrogens (tertiary/aromatic N) is 1. The summed E-state index contributed by atoms with van der Waals surface area (Å²) in [5.74, 6) is -2.81. The van der Waals surface area contributed by atoms with Crippen LogP contribution in [0.4, 0.5) is 8.78 Å². The maximum absolute atomic E-state index is 13.3. The van der Waals surface area contributed by atoms with Gasteiger partial charge in [-0.3, -0.25) is 9.59 Å². The quantitative estimate of drug-likeness (QED) is 0.872. The van der Waals surface area contributed by atoms with Gasteiger partial charge in [0, 0.05) is 19.5 Å². The number of halogens is 2. The number of carbonyl (C=O) groups excluding carboxylic acids is 1. The molecular formula is C21H21F2NO3. The molecule has 0 saturated carbocycles. The molecule has 2 aromatic carbocycles. The third-order valence-corrected chi connectivity index (χ3v) is 5.32. The molecule has 0 unspecified atom stereocenters. The van der Waals surface area contributed by atoms with Gasteiger partial charge >= 0.3 is 5.97 Å². The number of likely N-dealkylation sites (tertiary alicyclic amines) is 1. The molecule has 1 heterocycles. The van der Waals surface area contributed by atoms with Gasteiger partial charge in [-0.05, 0) is 42.5 Å². The minimum Gasteiger partial charge on any atom is -0.481 e. The Hall–Kier alpha value is -2.76. The fourth-order valence-electron chi connectivity index (χ4n) is 3.63. The normalized spacial score (nSPS) is 16.1. The van der Waals surface area contributed by atoms with Crippen molar-refractivity contribution in [2.75, 3.05) is 13.1 Å². The molecule has 3 rings (SSSR count). The largest absolute Gasteiger partial charge is 0.481 e. The smallest absolute Gasteiger partial charge is 0.314 e. The second-order valence-electron chi connectivity index (χ2n) is 6.88. The average molecular weight is 373 g/mol. The van der Waals surface area contributed by atoms with Gasteiger partial charge in [0.15, 0.2) is 11.6 Å². The molecule has 0 spiro atoms. The third-order valence-electron chi connectivity index (χ3n) is 5.32. The number of hydrogen-bond acceptors (Lipinski definition) is 2. The SMILES string of the molecule is O=C(CCc1ccc(F)c(F)c1)N1CCC(C(=O)O)(c2ccccc2)CC1. The molecular weight excluding hydrogens is 352 g/mol. The molecule has 1 saturated heterocycles. The highest BCUT2D eigenvalue weighted by molar-refractivity contribution is 5.82. The summed E-state index contributed by atoms with van der Waals surface area (Å²) in [6.07, 6.45) is 1.19.